The fourth-order valence-electron chi connectivity index (χ4n) is 2.92. The van der Waals surface area contributed by atoms with Crippen LogP contribution in [-0.4, -0.2) is 40.7 Å². The zero-order valence-corrected chi connectivity index (χ0v) is 16.3. The Bertz CT molecular complexity index is 682. The summed E-state index contributed by atoms with van der Waals surface area (Å²) in [6.45, 7) is 5.51. The minimum absolute atomic E-state index is 0.0884. The Hall–Kier alpha value is -1.53. The van der Waals surface area contributed by atoms with Crippen molar-refractivity contribution in [3.05, 3.63) is 41.4 Å². The van der Waals surface area contributed by atoms with Crippen LogP contribution in [0.25, 0.3) is 0 Å². The largest absolute Gasteiger partial charge is 0.481 e. The minimum Gasteiger partial charge on any atom is -0.481 e. The molecule has 6 heteroatoms. The van der Waals surface area contributed by atoms with E-state index in [1.165, 1.54) is 0 Å². The highest BCUT2D eigenvalue weighted by atomic mass is 32.2. The summed E-state index contributed by atoms with van der Waals surface area (Å²) in [5.41, 5.74) is 1.10. The molecule has 1 aliphatic rings. The van der Waals surface area contributed by atoms with Gasteiger partial charge in [-0.05, 0) is 44.7 Å². The molecule has 0 aliphatic carbocycles. The predicted octanol–water partition coefficient (Wildman–Crippen LogP) is 4.25. The Labute approximate surface area is 157 Å². The number of carbonyl (C=O) groups excluding carboxylic acids is 1. The van der Waals surface area contributed by atoms with E-state index in [-0.39, 0.29) is 5.91 Å². The number of hydrogen-bond donors (Lipinski definition) is 0. The third-order valence-electron chi connectivity index (χ3n) is 4.37. The van der Waals surface area contributed by atoms with Gasteiger partial charge in [-0.2, -0.15) is 0 Å². The number of rotatable bonds is 6. The van der Waals surface area contributed by atoms with Gasteiger partial charge in [0, 0.05) is 29.9 Å². The van der Waals surface area contributed by atoms with E-state index in [4.69, 9.17) is 4.74 Å². The highest BCUT2D eigenvalue weighted by molar-refractivity contribution is 8.01. The third kappa shape index (κ3) is 5.22. The normalized spacial score (nSPS) is 16.6. The van der Waals surface area contributed by atoms with Gasteiger partial charge in [-0.1, -0.05) is 30.0 Å². The van der Waals surface area contributed by atoms with Gasteiger partial charge in [0.2, 0.25) is 0 Å². The zero-order valence-electron chi connectivity index (χ0n) is 14.7. The molecule has 1 aliphatic heterocycles. The number of para-hydroxylation sites is 1. The molecule has 2 heterocycles. The van der Waals surface area contributed by atoms with Crippen LogP contribution in [0.3, 0.4) is 0 Å². The number of benzene rings is 1. The van der Waals surface area contributed by atoms with Gasteiger partial charge in [-0.25, -0.2) is 4.98 Å². The standard InChI is InChI=1S/C19H24N2O2S2/c1-14-12-24-19(20-14)25-13-16-8-10-21(11-9-16)18(22)15(2)23-17-6-4-3-5-7-17/h3-7,12,15-16H,8-11,13H2,1-2H3. The lowest BCUT2D eigenvalue weighted by Crippen LogP contribution is -2.45. The number of likely N-dealkylation sites (tertiary alicyclic amines) is 1. The minimum atomic E-state index is -0.438. The van der Waals surface area contributed by atoms with Crippen molar-refractivity contribution in [3.8, 4) is 5.75 Å². The summed E-state index contributed by atoms with van der Waals surface area (Å²) < 4.78 is 6.92. The van der Waals surface area contributed by atoms with Crippen molar-refractivity contribution in [2.24, 2.45) is 5.92 Å². The quantitative estimate of drug-likeness (QED) is 0.707. The molecule has 0 spiro atoms. The summed E-state index contributed by atoms with van der Waals surface area (Å²) in [5.74, 6) is 2.58. The van der Waals surface area contributed by atoms with Gasteiger partial charge in [0.25, 0.3) is 5.91 Å². The first-order valence-electron chi connectivity index (χ1n) is 8.67. The topological polar surface area (TPSA) is 42.4 Å². The molecule has 3 rings (SSSR count). The van der Waals surface area contributed by atoms with Crippen molar-refractivity contribution >= 4 is 29.0 Å². The number of nitrogens with zero attached hydrogens (tertiary/aromatic N) is 2. The summed E-state index contributed by atoms with van der Waals surface area (Å²) in [6, 6.07) is 9.54. The fourth-order valence-corrected chi connectivity index (χ4v) is 4.98. The maximum atomic E-state index is 12.6. The lowest BCUT2D eigenvalue weighted by atomic mass is 9.98. The zero-order chi connectivity index (χ0) is 17.6. The molecule has 0 bridgehead atoms. The second-order valence-corrected chi connectivity index (χ2v) is 8.53. The average molecular weight is 377 g/mol. The van der Waals surface area contributed by atoms with Gasteiger partial charge in [0.05, 0.1) is 0 Å². The summed E-state index contributed by atoms with van der Waals surface area (Å²) in [7, 11) is 0. The van der Waals surface area contributed by atoms with Gasteiger partial charge in [0.1, 0.15) is 10.1 Å². The van der Waals surface area contributed by atoms with E-state index in [1.54, 1.807) is 11.3 Å². The fraction of sp³-hybridized carbons (Fsp3) is 0.474. The molecule has 25 heavy (non-hydrogen) atoms. The number of piperidine rings is 1. The van der Waals surface area contributed by atoms with Crippen LogP contribution < -0.4 is 4.74 Å². The molecule has 134 valence electrons. The van der Waals surface area contributed by atoms with Crippen molar-refractivity contribution in [3.63, 3.8) is 0 Å². The molecule has 1 unspecified atom stereocenters. The van der Waals surface area contributed by atoms with E-state index >= 15 is 0 Å². The Morgan fingerprint density at radius 3 is 2.72 bits per heavy atom. The van der Waals surface area contributed by atoms with Gasteiger partial charge >= 0.3 is 0 Å². The van der Waals surface area contributed by atoms with Crippen molar-refractivity contribution in [2.45, 2.75) is 37.1 Å². The molecule has 0 saturated carbocycles. The molecule has 1 aromatic heterocycles. The second kappa shape index (κ2) is 8.72. The summed E-state index contributed by atoms with van der Waals surface area (Å²) >= 11 is 3.56. The molecule has 0 N–H and O–H groups in total. The summed E-state index contributed by atoms with van der Waals surface area (Å²) in [6.07, 6.45) is 1.68. The van der Waals surface area contributed by atoms with Crippen LogP contribution in [0.2, 0.25) is 0 Å². The number of hydrogen-bond acceptors (Lipinski definition) is 5. The smallest absolute Gasteiger partial charge is 0.263 e. The number of amides is 1. The van der Waals surface area contributed by atoms with Crippen molar-refractivity contribution in [1.82, 2.24) is 9.88 Å². The molecule has 0 radical (unpaired) electrons. The number of thiazole rings is 1. The van der Waals surface area contributed by atoms with Gasteiger partial charge in [0.15, 0.2) is 6.10 Å². The van der Waals surface area contributed by atoms with Crippen LogP contribution in [0.1, 0.15) is 25.5 Å². The van der Waals surface area contributed by atoms with E-state index < -0.39 is 6.10 Å². The lowest BCUT2D eigenvalue weighted by molar-refractivity contribution is -0.139. The van der Waals surface area contributed by atoms with Gasteiger partial charge in [-0.15, -0.1) is 11.3 Å². The maximum Gasteiger partial charge on any atom is 0.263 e. The molecule has 4 nitrogen and oxygen atoms in total. The monoisotopic (exact) mass is 376 g/mol. The molecule has 1 fully saturated rings. The van der Waals surface area contributed by atoms with Crippen LogP contribution in [0.5, 0.6) is 5.75 Å². The number of carbonyl (C=O) groups is 1. The maximum absolute atomic E-state index is 12.6. The Balaban J connectivity index is 1.42. The third-order valence-corrected chi connectivity index (χ3v) is 6.74. The van der Waals surface area contributed by atoms with E-state index in [0.29, 0.717) is 5.92 Å². The molecule has 1 atom stereocenters. The number of ether oxygens (including phenoxy) is 1. The SMILES string of the molecule is Cc1csc(SCC2CCN(C(=O)C(C)Oc3ccccc3)CC2)n1. The van der Waals surface area contributed by atoms with E-state index in [2.05, 4.69) is 10.4 Å². The van der Waals surface area contributed by atoms with E-state index in [0.717, 1.165) is 47.5 Å². The Kier molecular flexibility index (Phi) is 6.37. The first-order valence-corrected chi connectivity index (χ1v) is 10.5. The van der Waals surface area contributed by atoms with Crippen molar-refractivity contribution in [2.75, 3.05) is 18.8 Å². The highest BCUT2D eigenvalue weighted by Crippen LogP contribution is 2.28. The van der Waals surface area contributed by atoms with Gasteiger partial charge < -0.3 is 9.64 Å². The van der Waals surface area contributed by atoms with Gasteiger partial charge in [-0.3, -0.25) is 4.79 Å². The summed E-state index contributed by atoms with van der Waals surface area (Å²) in [5, 5.41) is 2.09. The lowest BCUT2D eigenvalue weighted by Gasteiger charge is -2.33. The first kappa shape index (κ1) is 18.3. The molecular weight excluding hydrogens is 352 g/mol. The molecule has 1 aromatic carbocycles. The number of aromatic nitrogens is 1. The number of thioether (sulfide) groups is 1. The van der Waals surface area contributed by atoms with E-state index in [1.807, 2.05) is 60.8 Å². The van der Waals surface area contributed by atoms with Crippen LogP contribution in [0.15, 0.2) is 40.1 Å². The first-order chi connectivity index (χ1) is 12.1. The van der Waals surface area contributed by atoms with Crippen LogP contribution in [0, 0.1) is 12.8 Å². The Morgan fingerprint density at radius 1 is 1.36 bits per heavy atom. The van der Waals surface area contributed by atoms with Crippen LogP contribution >= 0.6 is 23.1 Å². The Morgan fingerprint density at radius 2 is 2.08 bits per heavy atom. The molecule has 1 amide bonds. The van der Waals surface area contributed by atoms with Crippen molar-refractivity contribution in [1.29, 1.82) is 0 Å². The summed E-state index contributed by atoms with van der Waals surface area (Å²) in [4.78, 5) is 19.0. The molecule has 1 saturated heterocycles. The highest BCUT2D eigenvalue weighted by Gasteiger charge is 2.27. The average Bonchev–Trinajstić information content (AvgIpc) is 3.06. The van der Waals surface area contributed by atoms with Crippen LogP contribution in [-0.2, 0) is 4.79 Å². The second-order valence-electron chi connectivity index (χ2n) is 6.41. The van der Waals surface area contributed by atoms with E-state index in [9.17, 15) is 4.79 Å². The molecule has 2 aromatic rings. The molecular formula is C19H24N2O2S2. The number of aryl methyl sites for hydroxylation is 1. The van der Waals surface area contributed by atoms with Crippen LogP contribution in [0.4, 0.5) is 0 Å². The van der Waals surface area contributed by atoms with Crippen molar-refractivity contribution < 1.29 is 9.53 Å². The predicted molar refractivity (Wildman–Crippen MR) is 103 cm³/mol.